The molecule has 3 heteroatoms. The predicted octanol–water partition coefficient (Wildman–Crippen LogP) is 3.53. The number of nitrogens with two attached hydrogens (primary N) is 1. The molecule has 0 amide bonds. The average Bonchev–Trinajstić information content (AvgIpc) is 2.69. The number of nitrogens with zero attached hydrogens (tertiary/aromatic N) is 2. The SMILES string of the molecule is CCCc1c(C(C)C)nn(-c2ccccc2)c1N. The number of rotatable bonds is 4. The van der Waals surface area contributed by atoms with Gasteiger partial charge in [-0.2, -0.15) is 5.10 Å². The number of anilines is 1. The summed E-state index contributed by atoms with van der Waals surface area (Å²) in [5, 5.41) is 4.69. The van der Waals surface area contributed by atoms with E-state index in [0.717, 1.165) is 30.0 Å². The van der Waals surface area contributed by atoms with E-state index in [-0.39, 0.29) is 0 Å². The molecule has 1 aromatic carbocycles. The van der Waals surface area contributed by atoms with E-state index in [1.54, 1.807) is 0 Å². The molecule has 18 heavy (non-hydrogen) atoms. The first-order valence-electron chi connectivity index (χ1n) is 6.57. The minimum absolute atomic E-state index is 0.402. The van der Waals surface area contributed by atoms with Crippen LogP contribution in [0.3, 0.4) is 0 Å². The summed E-state index contributed by atoms with van der Waals surface area (Å²) in [4.78, 5) is 0. The van der Waals surface area contributed by atoms with Crippen LogP contribution in [0.4, 0.5) is 5.82 Å². The van der Waals surface area contributed by atoms with Gasteiger partial charge in [0.05, 0.1) is 11.4 Å². The van der Waals surface area contributed by atoms with Gasteiger partial charge < -0.3 is 5.73 Å². The van der Waals surface area contributed by atoms with Crippen molar-refractivity contribution in [1.29, 1.82) is 0 Å². The number of hydrogen-bond acceptors (Lipinski definition) is 2. The molecule has 1 aromatic heterocycles. The van der Waals surface area contributed by atoms with Crippen LogP contribution in [0, 0.1) is 0 Å². The zero-order valence-electron chi connectivity index (χ0n) is 11.4. The molecule has 0 aliphatic rings. The molecular formula is C15H21N3. The first-order chi connectivity index (χ1) is 8.65. The fraction of sp³-hybridized carbons (Fsp3) is 0.400. The minimum atomic E-state index is 0.402. The van der Waals surface area contributed by atoms with Crippen LogP contribution in [0.25, 0.3) is 5.69 Å². The Kier molecular flexibility index (Phi) is 3.70. The Morgan fingerprint density at radius 2 is 1.89 bits per heavy atom. The van der Waals surface area contributed by atoms with E-state index in [1.807, 2.05) is 35.0 Å². The summed E-state index contributed by atoms with van der Waals surface area (Å²) in [5.74, 6) is 1.19. The highest BCUT2D eigenvalue weighted by atomic mass is 15.3. The van der Waals surface area contributed by atoms with Gasteiger partial charge in [0.1, 0.15) is 5.82 Å². The van der Waals surface area contributed by atoms with E-state index in [1.165, 1.54) is 5.56 Å². The lowest BCUT2D eigenvalue weighted by atomic mass is 10.0. The first kappa shape index (κ1) is 12.7. The second-order valence-electron chi connectivity index (χ2n) is 4.90. The Balaban J connectivity index is 2.53. The van der Waals surface area contributed by atoms with Crippen LogP contribution in [-0.2, 0) is 6.42 Å². The van der Waals surface area contributed by atoms with Crippen molar-refractivity contribution in [3.8, 4) is 5.69 Å². The topological polar surface area (TPSA) is 43.8 Å². The molecule has 2 aromatic rings. The van der Waals surface area contributed by atoms with Crippen molar-refractivity contribution in [2.45, 2.75) is 39.5 Å². The largest absolute Gasteiger partial charge is 0.383 e. The van der Waals surface area contributed by atoms with Crippen LogP contribution in [0.15, 0.2) is 30.3 Å². The summed E-state index contributed by atoms with van der Waals surface area (Å²) in [7, 11) is 0. The zero-order chi connectivity index (χ0) is 13.1. The van der Waals surface area contributed by atoms with Crippen molar-refractivity contribution >= 4 is 5.82 Å². The summed E-state index contributed by atoms with van der Waals surface area (Å²) < 4.78 is 1.86. The van der Waals surface area contributed by atoms with Gasteiger partial charge >= 0.3 is 0 Å². The Bertz CT molecular complexity index is 512. The number of benzene rings is 1. The maximum atomic E-state index is 6.26. The monoisotopic (exact) mass is 243 g/mol. The molecule has 0 fully saturated rings. The Labute approximate surface area is 109 Å². The van der Waals surface area contributed by atoms with E-state index in [0.29, 0.717) is 5.92 Å². The molecule has 0 saturated carbocycles. The molecule has 0 radical (unpaired) electrons. The number of hydrogen-bond donors (Lipinski definition) is 1. The Hall–Kier alpha value is -1.77. The summed E-state index contributed by atoms with van der Waals surface area (Å²) >= 11 is 0. The van der Waals surface area contributed by atoms with Gasteiger partial charge in [-0.25, -0.2) is 4.68 Å². The molecule has 0 bridgehead atoms. The van der Waals surface area contributed by atoms with Crippen LogP contribution < -0.4 is 5.73 Å². The quantitative estimate of drug-likeness (QED) is 0.892. The molecule has 3 nitrogen and oxygen atoms in total. The second kappa shape index (κ2) is 5.25. The maximum absolute atomic E-state index is 6.26. The standard InChI is InChI=1S/C15H21N3/c1-4-8-13-14(11(2)3)17-18(15(13)16)12-9-6-5-7-10-12/h5-7,9-11H,4,8,16H2,1-3H3. The van der Waals surface area contributed by atoms with E-state index in [9.17, 15) is 0 Å². The van der Waals surface area contributed by atoms with Crippen molar-refractivity contribution in [3.05, 3.63) is 41.6 Å². The summed E-state index contributed by atoms with van der Waals surface area (Å²) in [6.45, 7) is 6.50. The maximum Gasteiger partial charge on any atom is 0.130 e. The van der Waals surface area contributed by atoms with Crippen LogP contribution in [0.2, 0.25) is 0 Å². The van der Waals surface area contributed by atoms with Gasteiger partial charge in [-0.05, 0) is 24.5 Å². The van der Waals surface area contributed by atoms with Gasteiger partial charge in [0.2, 0.25) is 0 Å². The average molecular weight is 243 g/mol. The van der Waals surface area contributed by atoms with Crippen molar-refractivity contribution in [3.63, 3.8) is 0 Å². The molecule has 0 unspecified atom stereocenters. The normalized spacial score (nSPS) is 11.1. The molecule has 0 aliphatic heterocycles. The van der Waals surface area contributed by atoms with E-state index in [2.05, 4.69) is 25.9 Å². The summed E-state index contributed by atoms with van der Waals surface area (Å²) in [5.41, 5.74) is 9.62. The number of para-hydroxylation sites is 1. The first-order valence-corrected chi connectivity index (χ1v) is 6.57. The predicted molar refractivity (Wildman–Crippen MR) is 76.1 cm³/mol. The van der Waals surface area contributed by atoms with Crippen LogP contribution >= 0.6 is 0 Å². The van der Waals surface area contributed by atoms with E-state index in [4.69, 9.17) is 5.73 Å². The fourth-order valence-corrected chi connectivity index (χ4v) is 2.22. The van der Waals surface area contributed by atoms with Crippen LogP contribution in [0.1, 0.15) is 44.4 Å². The third-order valence-electron chi connectivity index (χ3n) is 3.10. The molecule has 2 N–H and O–H groups in total. The molecule has 1 heterocycles. The smallest absolute Gasteiger partial charge is 0.130 e. The van der Waals surface area contributed by atoms with Crippen molar-refractivity contribution in [2.75, 3.05) is 5.73 Å². The Morgan fingerprint density at radius 1 is 1.22 bits per heavy atom. The molecule has 96 valence electrons. The van der Waals surface area contributed by atoms with E-state index >= 15 is 0 Å². The molecule has 0 spiro atoms. The zero-order valence-corrected chi connectivity index (χ0v) is 11.4. The van der Waals surface area contributed by atoms with Gasteiger partial charge in [0.25, 0.3) is 0 Å². The molecule has 0 saturated heterocycles. The lowest BCUT2D eigenvalue weighted by molar-refractivity contribution is 0.759. The molecule has 0 aliphatic carbocycles. The third kappa shape index (κ3) is 2.26. The van der Waals surface area contributed by atoms with E-state index < -0.39 is 0 Å². The van der Waals surface area contributed by atoms with Crippen molar-refractivity contribution < 1.29 is 0 Å². The molecular weight excluding hydrogens is 222 g/mol. The van der Waals surface area contributed by atoms with Crippen molar-refractivity contribution in [1.82, 2.24) is 9.78 Å². The highest BCUT2D eigenvalue weighted by Gasteiger charge is 2.17. The second-order valence-corrected chi connectivity index (χ2v) is 4.90. The number of nitrogen functional groups attached to an aromatic ring is 1. The Morgan fingerprint density at radius 3 is 2.44 bits per heavy atom. The fourth-order valence-electron chi connectivity index (χ4n) is 2.22. The molecule has 0 atom stereocenters. The summed E-state index contributed by atoms with van der Waals surface area (Å²) in [6.07, 6.45) is 2.08. The van der Waals surface area contributed by atoms with Gasteiger partial charge in [-0.1, -0.05) is 45.4 Å². The third-order valence-corrected chi connectivity index (χ3v) is 3.10. The minimum Gasteiger partial charge on any atom is -0.383 e. The number of aromatic nitrogens is 2. The van der Waals surface area contributed by atoms with Gasteiger partial charge in [0, 0.05) is 5.56 Å². The lowest BCUT2D eigenvalue weighted by Gasteiger charge is -2.04. The molecule has 2 rings (SSSR count). The van der Waals surface area contributed by atoms with Gasteiger partial charge in [-0.3, -0.25) is 0 Å². The van der Waals surface area contributed by atoms with Crippen LogP contribution in [0.5, 0.6) is 0 Å². The van der Waals surface area contributed by atoms with Gasteiger partial charge in [0.15, 0.2) is 0 Å². The van der Waals surface area contributed by atoms with Gasteiger partial charge in [-0.15, -0.1) is 0 Å². The highest BCUT2D eigenvalue weighted by Crippen LogP contribution is 2.27. The van der Waals surface area contributed by atoms with Crippen LogP contribution in [-0.4, -0.2) is 9.78 Å². The lowest BCUT2D eigenvalue weighted by Crippen LogP contribution is -2.02. The highest BCUT2D eigenvalue weighted by molar-refractivity contribution is 5.50. The summed E-state index contributed by atoms with van der Waals surface area (Å²) in [6, 6.07) is 10.1. The van der Waals surface area contributed by atoms with Crippen molar-refractivity contribution in [2.24, 2.45) is 0 Å².